The molecule has 0 aromatic heterocycles. The van der Waals surface area contributed by atoms with Crippen molar-refractivity contribution >= 4 is 23.4 Å². The average molecular weight is 452 g/mol. The number of anilines is 1. The van der Waals surface area contributed by atoms with Gasteiger partial charge in [-0.2, -0.15) is 0 Å². The van der Waals surface area contributed by atoms with E-state index in [1.165, 1.54) is 6.42 Å². The Morgan fingerprint density at radius 1 is 0.909 bits per heavy atom. The fourth-order valence-electron chi connectivity index (χ4n) is 4.02. The van der Waals surface area contributed by atoms with Crippen LogP contribution in [0.25, 0.3) is 0 Å². The molecule has 0 unspecified atom stereocenters. The molecule has 0 spiro atoms. The lowest BCUT2D eigenvalue weighted by atomic mass is 9.94. The number of carbonyl (C=O) groups is 3. The molecule has 0 bridgehead atoms. The van der Waals surface area contributed by atoms with E-state index in [9.17, 15) is 14.4 Å². The number of carbonyl (C=O) groups excluding carboxylic acids is 3. The highest BCUT2D eigenvalue weighted by Gasteiger charge is 2.28. The standard InChI is InChI=1S/C26H33N3O4/c1-17(2)23(26(32)27-19-9-5-4-6-10-19)29-25(31)21-11-7-8-12-22(21)28-24(30)18-13-15-20(33-3)16-14-18/h7-8,11-17,19,23H,4-6,9-10H2,1-3H3,(H,27,32)(H,28,30)(H,29,31)/t23-/m0/s1. The summed E-state index contributed by atoms with van der Waals surface area (Å²) in [5.74, 6) is -0.340. The first-order chi connectivity index (χ1) is 15.9. The summed E-state index contributed by atoms with van der Waals surface area (Å²) < 4.78 is 5.12. The van der Waals surface area contributed by atoms with Gasteiger partial charge in [0.05, 0.1) is 18.4 Å². The summed E-state index contributed by atoms with van der Waals surface area (Å²) in [5, 5.41) is 8.77. The van der Waals surface area contributed by atoms with E-state index >= 15 is 0 Å². The lowest BCUT2D eigenvalue weighted by Gasteiger charge is -2.27. The van der Waals surface area contributed by atoms with E-state index in [2.05, 4.69) is 16.0 Å². The van der Waals surface area contributed by atoms with E-state index in [0.717, 1.165) is 25.7 Å². The van der Waals surface area contributed by atoms with E-state index in [-0.39, 0.29) is 23.8 Å². The van der Waals surface area contributed by atoms with Crippen LogP contribution in [-0.4, -0.2) is 36.9 Å². The summed E-state index contributed by atoms with van der Waals surface area (Å²) in [7, 11) is 1.56. The van der Waals surface area contributed by atoms with Crippen molar-refractivity contribution in [2.24, 2.45) is 5.92 Å². The molecule has 1 aliphatic rings. The zero-order valence-corrected chi connectivity index (χ0v) is 19.5. The number of para-hydroxylation sites is 1. The second kappa shape index (κ2) is 11.5. The van der Waals surface area contributed by atoms with Crippen LogP contribution in [0.5, 0.6) is 5.75 Å². The molecule has 1 atom stereocenters. The number of hydrogen-bond donors (Lipinski definition) is 3. The van der Waals surface area contributed by atoms with Gasteiger partial charge in [-0.1, -0.05) is 45.2 Å². The van der Waals surface area contributed by atoms with Crippen LogP contribution < -0.4 is 20.7 Å². The molecule has 0 radical (unpaired) electrons. The minimum absolute atomic E-state index is 0.0846. The molecule has 3 N–H and O–H groups in total. The van der Waals surface area contributed by atoms with Crippen LogP contribution >= 0.6 is 0 Å². The summed E-state index contributed by atoms with van der Waals surface area (Å²) >= 11 is 0. The normalized spacial score (nSPS) is 14.9. The molecule has 1 saturated carbocycles. The lowest BCUT2D eigenvalue weighted by Crippen LogP contribution is -2.52. The minimum Gasteiger partial charge on any atom is -0.497 e. The highest BCUT2D eigenvalue weighted by Crippen LogP contribution is 2.20. The Labute approximate surface area is 195 Å². The van der Waals surface area contributed by atoms with Crippen molar-refractivity contribution in [2.75, 3.05) is 12.4 Å². The van der Waals surface area contributed by atoms with Crippen LogP contribution in [0, 0.1) is 5.92 Å². The predicted octanol–water partition coefficient (Wildman–Crippen LogP) is 4.15. The Morgan fingerprint density at radius 3 is 2.21 bits per heavy atom. The van der Waals surface area contributed by atoms with Crippen molar-refractivity contribution in [2.45, 2.75) is 58.0 Å². The first-order valence-corrected chi connectivity index (χ1v) is 11.5. The number of methoxy groups -OCH3 is 1. The Morgan fingerprint density at radius 2 is 1.58 bits per heavy atom. The molecule has 3 rings (SSSR count). The molecule has 2 aromatic carbocycles. The molecule has 0 saturated heterocycles. The van der Waals surface area contributed by atoms with Gasteiger partial charge in [-0.25, -0.2) is 0 Å². The summed E-state index contributed by atoms with van der Waals surface area (Å²) in [6.45, 7) is 3.81. The molecule has 7 nitrogen and oxygen atoms in total. The first kappa shape index (κ1) is 24.3. The van der Waals surface area contributed by atoms with Crippen molar-refractivity contribution in [3.63, 3.8) is 0 Å². The van der Waals surface area contributed by atoms with E-state index in [1.54, 1.807) is 55.6 Å². The van der Waals surface area contributed by atoms with Gasteiger partial charge < -0.3 is 20.7 Å². The Balaban J connectivity index is 1.70. The highest BCUT2D eigenvalue weighted by atomic mass is 16.5. The molecule has 33 heavy (non-hydrogen) atoms. The number of amides is 3. The molecule has 7 heteroatoms. The highest BCUT2D eigenvalue weighted by molar-refractivity contribution is 6.09. The molecule has 2 aromatic rings. The van der Waals surface area contributed by atoms with E-state index in [1.807, 2.05) is 13.8 Å². The fraction of sp³-hybridized carbons (Fsp3) is 0.423. The predicted molar refractivity (Wildman–Crippen MR) is 128 cm³/mol. The van der Waals surface area contributed by atoms with Crippen molar-refractivity contribution < 1.29 is 19.1 Å². The van der Waals surface area contributed by atoms with Crippen LogP contribution in [0.3, 0.4) is 0 Å². The van der Waals surface area contributed by atoms with Crippen LogP contribution in [0.15, 0.2) is 48.5 Å². The van der Waals surface area contributed by atoms with Gasteiger partial charge in [0.2, 0.25) is 5.91 Å². The SMILES string of the molecule is COc1ccc(C(=O)Nc2ccccc2C(=O)N[C@H](C(=O)NC2CCCCC2)C(C)C)cc1. The molecule has 0 aliphatic heterocycles. The third-order valence-electron chi connectivity index (χ3n) is 5.96. The molecule has 0 heterocycles. The van der Waals surface area contributed by atoms with Gasteiger partial charge >= 0.3 is 0 Å². The number of rotatable bonds is 8. The van der Waals surface area contributed by atoms with Crippen molar-refractivity contribution in [1.29, 1.82) is 0 Å². The Kier molecular flexibility index (Phi) is 8.46. The van der Waals surface area contributed by atoms with E-state index < -0.39 is 11.9 Å². The van der Waals surface area contributed by atoms with Crippen molar-refractivity contribution in [1.82, 2.24) is 10.6 Å². The minimum atomic E-state index is -0.662. The van der Waals surface area contributed by atoms with Crippen molar-refractivity contribution in [3.05, 3.63) is 59.7 Å². The molecule has 176 valence electrons. The van der Waals surface area contributed by atoms with Gasteiger partial charge in [-0.3, -0.25) is 14.4 Å². The van der Waals surface area contributed by atoms with Gasteiger partial charge in [0.25, 0.3) is 11.8 Å². The third-order valence-corrected chi connectivity index (χ3v) is 5.96. The second-order valence-corrected chi connectivity index (χ2v) is 8.77. The molecule has 1 fully saturated rings. The zero-order valence-electron chi connectivity index (χ0n) is 19.5. The van der Waals surface area contributed by atoms with Gasteiger partial charge in [-0.05, 0) is 55.2 Å². The Hall–Kier alpha value is -3.35. The zero-order chi connectivity index (χ0) is 23.8. The van der Waals surface area contributed by atoms with Crippen LogP contribution in [-0.2, 0) is 4.79 Å². The third kappa shape index (κ3) is 6.57. The van der Waals surface area contributed by atoms with E-state index in [4.69, 9.17) is 4.74 Å². The lowest BCUT2D eigenvalue weighted by molar-refractivity contribution is -0.124. The first-order valence-electron chi connectivity index (χ1n) is 11.5. The van der Waals surface area contributed by atoms with Crippen molar-refractivity contribution in [3.8, 4) is 5.75 Å². The molecule has 3 amide bonds. The summed E-state index contributed by atoms with van der Waals surface area (Å²) in [5.41, 5.74) is 1.12. The maximum Gasteiger partial charge on any atom is 0.255 e. The van der Waals surface area contributed by atoms with Gasteiger partial charge in [-0.15, -0.1) is 0 Å². The summed E-state index contributed by atoms with van der Waals surface area (Å²) in [6.07, 6.45) is 5.39. The number of ether oxygens (including phenoxy) is 1. The quantitative estimate of drug-likeness (QED) is 0.562. The number of nitrogens with one attached hydrogen (secondary N) is 3. The molecular weight excluding hydrogens is 418 g/mol. The Bertz CT molecular complexity index is 966. The second-order valence-electron chi connectivity index (χ2n) is 8.77. The largest absolute Gasteiger partial charge is 0.497 e. The molecule has 1 aliphatic carbocycles. The van der Waals surface area contributed by atoms with Crippen LogP contribution in [0.4, 0.5) is 5.69 Å². The maximum atomic E-state index is 13.1. The monoisotopic (exact) mass is 451 g/mol. The number of hydrogen-bond acceptors (Lipinski definition) is 4. The van der Waals surface area contributed by atoms with E-state index in [0.29, 0.717) is 22.6 Å². The summed E-state index contributed by atoms with van der Waals surface area (Å²) in [6, 6.07) is 13.0. The maximum absolute atomic E-state index is 13.1. The van der Waals surface area contributed by atoms with Gasteiger partial charge in [0.1, 0.15) is 11.8 Å². The fourth-order valence-corrected chi connectivity index (χ4v) is 4.02. The average Bonchev–Trinajstić information content (AvgIpc) is 2.83. The van der Waals surface area contributed by atoms with Gasteiger partial charge in [0.15, 0.2) is 0 Å². The summed E-state index contributed by atoms with van der Waals surface area (Å²) in [4.78, 5) is 38.7. The smallest absolute Gasteiger partial charge is 0.255 e. The molecular formula is C26H33N3O4. The van der Waals surface area contributed by atoms with Crippen LogP contribution in [0.2, 0.25) is 0 Å². The van der Waals surface area contributed by atoms with Crippen LogP contribution in [0.1, 0.15) is 66.7 Å². The topological polar surface area (TPSA) is 96.5 Å². The number of benzene rings is 2. The van der Waals surface area contributed by atoms with Gasteiger partial charge in [0, 0.05) is 11.6 Å².